The normalized spacial score (nSPS) is 12.8. The molecule has 0 fully saturated rings. The maximum atomic E-state index is 6.07. The van der Waals surface area contributed by atoms with Crippen LogP contribution in [0, 0.1) is 13.8 Å². The van der Waals surface area contributed by atoms with Gasteiger partial charge in [0, 0.05) is 21.7 Å². The van der Waals surface area contributed by atoms with Crippen LogP contribution in [0.4, 0.5) is 5.82 Å². The topological polar surface area (TPSA) is 37.8 Å². The fourth-order valence-corrected chi connectivity index (χ4v) is 3.36. The van der Waals surface area contributed by atoms with Gasteiger partial charge in [-0.05, 0) is 32.4 Å². The highest BCUT2D eigenvalue weighted by Crippen LogP contribution is 2.28. The van der Waals surface area contributed by atoms with Gasteiger partial charge in [-0.25, -0.2) is 9.97 Å². The third-order valence-electron chi connectivity index (χ3n) is 3.14. The average Bonchev–Trinajstić information content (AvgIpc) is 2.67. The summed E-state index contributed by atoms with van der Waals surface area (Å²) in [6.45, 7) is 10.5. The molecular formula is C15H20ClN3S. The van der Waals surface area contributed by atoms with E-state index in [1.165, 1.54) is 15.3 Å². The minimum atomic E-state index is 0.200. The Hall–Kier alpha value is -1.13. The van der Waals surface area contributed by atoms with Crippen LogP contribution in [0.5, 0.6) is 0 Å². The number of hydrogen-bond donors (Lipinski definition) is 1. The lowest BCUT2D eigenvalue weighted by atomic mass is 10.1. The third kappa shape index (κ3) is 3.49. The lowest BCUT2D eigenvalue weighted by Crippen LogP contribution is -2.10. The molecule has 5 heteroatoms. The van der Waals surface area contributed by atoms with Crippen LogP contribution >= 0.6 is 22.9 Å². The Morgan fingerprint density at radius 1 is 1.15 bits per heavy atom. The second kappa shape index (κ2) is 6.10. The van der Waals surface area contributed by atoms with Crippen molar-refractivity contribution in [2.75, 3.05) is 5.32 Å². The largest absolute Gasteiger partial charge is 0.363 e. The van der Waals surface area contributed by atoms with E-state index in [1.807, 2.05) is 11.3 Å². The van der Waals surface area contributed by atoms with Gasteiger partial charge in [0.1, 0.15) is 16.8 Å². The van der Waals surface area contributed by atoms with E-state index in [1.54, 1.807) is 6.07 Å². The molecule has 0 aliphatic heterocycles. The first-order valence-electron chi connectivity index (χ1n) is 6.74. The Balaban J connectivity index is 2.23. The monoisotopic (exact) mass is 309 g/mol. The number of rotatable bonds is 4. The molecule has 0 spiro atoms. The molecule has 1 N–H and O–H groups in total. The first-order chi connectivity index (χ1) is 9.36. The molecule has 20 heavy (non-hydrogen) atoms. The smallest absolute Gasteiger partial charge is 0.135 e. The number of nitrogens with zero attached hydrogens (tertiary/aromatic N) is 2. The van der Waals surface area contributed by atoms with Crippen LogP contribution in [-0.4, -0.2) is 9.97 Å². The lowest BCUT2D eigenvalue weighted by Gasteiger charge is -2.16. The number of aromatic nitrogens is 2. The summed E-state index contributed by atoms with van der Waals surface area (Å²) < 4.78 is 0. The molecule has 1 unspecified atom stereocenters. The minimum Gasteiger partial charge on any atom is -0.363 e. The molecular weight excluding hydrogens is 290 g/mol. The number of aryl methyl sites for hydroxylation is 2. The summed E-state index contributed by atoms with van der Waals surface area (Å²) >= 11 is 7.89. The van der Waals surface area contributed by atoms with E-state index in [9.17, 15) is 0 Å². The van der Waals surface area contributed by atoms with Crippen LogP contribution in [0.2, 0.25) is 5.15 Å². The van der Waals surface area contributed by atoms with E-state index >= 15 is 0 Å². The lowest BCUT2D eigenvalue weighted by molar-refractivity contribution is 0.768. The summed E-state index contributed by atoms with van der Waals surface area (Å²) in [5, 5.41) is 3.90. The molecule has 2 heterocycles. The summed E-state index contributed by atoms with van der Waals surface area (Å²) in [6.07, 6.45) is 0. The number of hydrogen-bond acceptors (Lipinski definition) is 4. The fraction of sp³-hybridized carbons (Fsp3) is 0.467. The van der Waals surface area contributed by atoms with Gasteiger partial charge in [-0.2, -0.15) is 0 Å². The standard InChI is InChI=1S/C15H20ClN3S/c1-8(2)15-18-13(16)7-14(19-15)17-10(4)12-6-9(3)20-11(12)5/h6-8,10H,1-5H3,(H,17,18,19). The van der Waals surface area contributed by atoms with Gasteiger partial charge in [-0.1, -0.05) is 25.4 Å². The van der Waals surface area contributed by atoms with Crippen molar-refractivity contribution in [3.05, 3.63) is 38.4 Å². The first kappa shape index (κ1) is 15.3. The zero-order valence-corrected chi connectivity index (χ0v) is 14.1. The quantitative estimate of drug-likeness (QED) is 0.798. The number of thiophene rings is 1. The molecule has 0 saturated heterocycles. The molecule has 0 amide bonds. The van der Waals surface area contributed by atoms with Gasteiger partial charge in [-0.3, -0.25) is 0 Å². The molecule has 2 aromatic rings. The van der Waals surface area contributed by atoms with Gasteiger partial charge < -0.3 is 5.32 Å². The molecule has 108 valence electrons. The van der Waals surface area contributed by atoms with Crippen LogP contribution in [0.25, 0.3) is 0 Å². The number of nitrogens with one attached hydrogen (secondary N) is 1. The Bertz CT molecular complexity index is 607. The maximum Gasteiger partial charge on any atom is 0.135 e. The van der Waals surface area contributed by atoms with Crippen LogP contribution < -0.4 is 5.32 Å². The Morgan fingerprint density at radius 2 is 1.85 bits per heavy atom. The Morgan fingerprint density at radius 3 is 2.40 bits per heavy atom. The SMILES string of the molecule is Cc1cc(C(C)Nc2cc(Cl)nc(C(C)C)n2)c(C)s1. The fourth-order valence-electron chi connectivity index (χ4n) is 2.15. The maximum absolute atomic E-state index is 6.07. The molecule has 3 nitrogen and oxygen atoms in total. The summed E-state index contributed by atoms with van der Waals surface area (Å²) in [5.74, 6) is 1.81. The zero-order chi connectivity index (χ0) is 14.9. The highest BCUT2D eigenvalue weighted by Gasteiger charge is 2.13. The first-order valence-corrected chi connectivity index (χ1v) is 7.94. The van der Waals surface area contributed by atoms with Gasteiger partial charge in [0.15, 0.2) is 0 Å². The Labute approximate surface area is 129 Å². The van der Waals surface area contributed by atoms with Crippen molar-refractivity contribution in [2.24, 2.45) is 0 Å². The minimum absolute atomic E-state index is 0.200. The van der Waals surface area contributed by atoms with Crippen LogP contribution in [-0.2, 0) is 0 Å². The predicted molar refractivity (Wildman–Crippen MR) is 87.0 cm³/mol. The molecule has 0 aromatic carbocycles. The molecule has 0 radical (unpaired) electrons. The van der Waals surface area contributed by atoms with E-state index in [4.69, 9.17) is 11.6 Å². The average molecular weight is 310 g/mol. The van der Waals surface area contributed by atoms with Gasteiger partial charge in [0.2, 0.25) is 0 Å². The van der Waals surface area contributed by atoms with Crippen LogP contribution in [0.3, 0.4) is 0 Å². The molecule has 0 aliphatic carbocycles. The van der Waals surface area contributed by atoms with Crippen molar-refractivity contribution < 1.29 is 0 Å². The van der Waals surface area contributed by atoms with Crippen molar-refractivity contribution >= 4 is 28.8 Å². The van der Waals surface area contributed by atoms with E-state index < -0.39 is 0 Å². The second-order valence-electron chi connectivity index (χ2n) is 5.32. The molecule has 2 rings (SSSR count). The summed E-state index contributed by atoms with van der Waals surface area (Å²) in [6, 6.07) is 4.20. The van der Waals surface area contributed by atoms with Crippen molar-refractivity contribution in [1.82, 2.24) is 9.97 Å². The molecule has 0 saturated carbocycles. The van der Waals surface area contributed by atoms with Gasteiger partial charge in [-0.15, -0.1) is 11.3 Å². The Kier molecular flexibility index (Phi) is 4.66. The van der Waals surface area contributed by atoms with E-state index in [2.05, 4.69) is 56.0 Å². The molecule has 2 aromatic heterocycles. The van der Waals surface area contributed by atoms with Gasteiger partial charge >= 0.3 is 0 Å². The summed E-state index contributed by atoms with van der Waals surface area (Å²) in [5.41, 5.74) is 1.31. The molecule has 0 aliphatic rings. The van der Waals surface area contributed by atoms with Crippen molar-refractivity contribution in [3.63, 3.8) is 0 Å². The summed E-state index contributed by atoms with van der Waals surface area (Å²) in [4.78, 5) is 11.5. The van der Waals surface area contributed by atoms with Gasteiger partial charge in [0.25, 0.3) is 0 Å². The predicted octanol–water partition coefficient (Wildman–Crippen LogP) is 5.10. The van der Waals surface area contributed by atoms with Crippen LogP contribution in [0.15, 0.2) is 12.1 Å². The third-order valence-corrected chi connectivity index (χ3v) is 4.31. The molecule has 0 bridgehead atoms. The zero-order valence-electron chi connectivity index (χ0n) is 12.5. The summed E-state index contributed by atoms with van der Waals surface area (Å²) in [7, 11) is 0. The van der Waals surface area contributed by atoms with E-state index in [0.717, 1.165) is 11.6 Å². The molecule has 1 atom stereocenters. The van der Waals surface area contributed by atoms with Gasteiger partial charge in [0.05, 0.1) is 6.04 Å². The second-order valence-corrected chi connectivity index (χ2v) is 7.17. The number of anilines is 1. The van der Waals surface area contributed by atoms with Crippen molar-refractivity contribution in [3.8, 4) is 0 Å². The van der Waals surface area contributed by atoms with E-state index in [0.29, 0.717) is 5.15 Å². The van der Waals surface area contributed by atoms with Crippen LogP contribution in [0.1, 0.15) is 53.9 Å². The highest BCUT2D eigenvalue weighted by atomic mass is 35.5. The van der Waals surface area contributed by atoms with E-state index in [-0.39, 0.29) is 12.0 Å². The van der Waals surface area contributed by atoms with Crippen molar-refractivity contribution in [2.45, 2.75) is 46.6 Å². The van der Waals surface area contributed by atoms with Crippen molar-refractivity contribution in [1.29, 1.82) is 0 Å². The number of halogens is 1. The highest BCUT2D eigenvalue weighted by molar-refractivity contribution is 7.12.